The van der Waals surface area contributed by atoms with E-state index < -0.39 is 0 Å². The molecule has 2 unspecified atom stereocenters. The lowest BCUT2D eigenvalue weighted by Crippen LogP contribution is -2.41. The van der Waals surface area contributed by atoms with E-state index in [0.717, 1.165) is 11.0 Å². The normalized spacial score (nSPS) is 14.3. The van der Waals surface area contributed by atoms with Gasteiger partial charge in [0.05, 0.1) is 24.0 Å². The fraction of sp³-hybridized carbons (Fsp3) is 0.385. The summed E-state index contributed by atoms with van der Waals surface area (Å²) in [4.78, 5) is 19.2. The molecule has 1 heterocycles. The number of amides is 1. The van der Waals surface area contributed by atoms with Gasteiger partial charge in [-0.1, -0.05) is 0 Å². The molecule has 102 valence electrons. The zero-order chi connectivity index (χ0) is 13.8. The fourth-order valence-corrected chi connectivity index (χ4v) is 2.52. The summed E-state index contributed by atoms with van der Waals surface area (Å²) in [6.45, 7) is 1.94. The van der Waals surface area contributed by atoms with E-state index in [1.54, 1.807) is 18.5 Å². The van der Waals surface area contributed by atoms with Crippen LogP contribution in [0.15, 0.2) is 24.5 Å². The van der Waals surface area contributed by atoms with E-state index in [9.17, 15) is 9.90 Å². The molecule has 0 aliphatic rings. The van der Waals surface area contributed by atoms with Crippen molar-refractivity contribution in [2.45, 2.75) is 18.2 Å². The number of rotatable bonds is 5. The van der Waals surface area contributed by atoms with Gasteiger partial charge < -0.3 is 15.4 Å². The first kappa shape index (κ1) is 13.9. The van der Waals surface area contributed by atoms with Crippen molar-refractivity contribution < 1.29 is 9.90 Å². The fourth-order valence-electron chi connectivity index (χ4n) is 1.90. The van der Waals surface area contributed by atoms with E-state index in [-0.39, 0.29) is 23.8 Å². The number of thioether (sulfide) groups is 1. The zero-order valence-electron chi connectivity index (χ0n) is 10.9. The van der Waals surface area contributed by atoms with E-state index in [1.807, 2.05) is 19.2 Å². The van der Waals surface area contributed by atoms with Crippen LogP contribution in [0.25, 0.3) is 11.0 Å². The van der Waals surface area contributed by atoms with Crippen molar-refractivity contribution in [2.24, 2.45) is 0 Å². The maximum absolute atomic E-state index is 12.1. The minimum absolute atomic E-state index is 0.000152. The molecule has 0 saturated heterocycles. The first-order chi connectivity index (χ1) is 9.15. The quantitative estimate of drug-likeness (QED) is 0.773. The monoisotopic (exact) mass is 279 g/mol. The van der Waals surface area contributed by atoms with Gasteiger partial charge in [-0.2, -0.15) is 11.8 Å². The minimum atomic E-state index is -0.142. The molecule has 0 aliphatic carbocycles. The summed E-state index contributed by atoms with van der Waals surface area (Å²) in [5.74, 6) is -0.142. The Morgan fingerprint density at radius 3 is 3.05 bits per heavy atom. The molecule has 2 aromatic rings. The van der Waals surface area contributed by atoms with E-state index in [4.69, 9.17) is 0 Å². The van der Waals surface area contributed by atoms with Crippen molar-refractivity contribution >= 4 is 28.7 Å². The second kappa shape index (κ2) is 6.08. The van der Waals surface area contributed by atoms with Crippen LogP contribution in [0.2, 0.25) is 0 Å². The molecule has 0 radical (unpaired) electrons. The number of nitrogens with zero attached hydrogens (tertiary/aromatic N) is 1. The molecular weight excluding hydrogens is 262 g/mol. The SMILES string of the molecule is CSC(CO)C(C)NC(=O)c1ccc2nc[nH]c2c1. The van der Waals surface area contributed by atoms with Gasteiger partial charge in [0.2, 0.25) is 0 Å². The Morgan fingerprint density at radius 2 is 2.37 bits per heavy atom. The largest absolute Gasteiger partial charge is 0.395 e. The lowest BCUT2D eigenvalue weighted by Gasteiger charge is -2.21. The first-order valence-electron chi connectivity index (χ1n) is 6.03. The molecular formula is C13H17N3O2S. The molecule has 5 nitrogen and oxygen atoms in total. The van der Waals surface area contributed by atoms with Gasteiger partial charge in [0.15, 0.2) is 0 Å². The van der Waals surface area contributed by atoms with Gasteiger partial charge >= 0.3 is 0 Å². The molecule has 1 aromatic carbocycles. The summed E-state index contributed by atoms with van der Waals surface area (Å²) in [5, 5.41) is 12.1. The van der Waals surface area contributed by atoms with E-state index in [1.165, 1.54) is 11.8 Å². The molecule has 6 heteroatoms. The van der Waals surface area contributed by atoms with Crippen LogP contribution >= 0.6 is 11.8 Å². The molecule has 1 aromatic heterocycles. The number of aliphatic hydroxyl groups is 1. The summed E-state index contributed by atoms with van der Waals surface area (Å²) in [7, 11) is 0. The number of hydrogen-bond donors (Lipinski definition) is 3. The van der Waals surface area contributed by atoms with Crippen LogP contribution in [0.1, 0.15) is 17.3 Å². The molecule has 0 saturated carbocycles. The highest BCUT2D eigenvalue weighted by Gasteiger charge is 2.18. The Bertz CT molecular complexity index is 566. The lowest BCUT2D eigenvalue weighted by molar-refractivity contribution is 0.0936. The molecule has 2 atom stereocenters. The predicted octanol–water partition coefficient (Wildman–Crippen LogP) is 1.41. The minimum Gasteiger partial charge on any atom is -0.395 e. The third-order valence-corrected chi connectivity index (χ3v) is 4.24. The average molecular weight is 279 g/mol. The van der Waals surface area contributed by atoms with Crippen molar-refractivity contribution in [3.63, 3.8) is 0 Å². The number of carbonyl (C=O) groups excluding carboxylic acids is 1. The zero-order valence-corrected chi connectivity index (χ0v) is 11.7. The maximum atomic E-state index is 12.1. The van der Waals surface area contributed by atoms with E-state index in [2.05, 4.69) is 15.3 Å². The third kappa shape index (κ3) is 3.08. The Kier molecular flexibility index (Phi) is 4.44. The number of benzene rings is 1. The van der Waals surface area contributed by atoms with Gasteiger partial charge in [-0.25, -0.2) is 4.98 Å². The van der Waals surface area contributed by atoms with Crippen LogP contribution in [-0.4, -0.2) is 45.1 Å². The number of imidazole rings is 1. The Balaban J connectivity index is 2.10. The number of H-pyrrole nitrogens is 1. The number of carbonyl (C=O) groups is 1. The van der Waals surface area contributed by atoms with Crippen LogP contribution in [0.3, 0.4) is 0 Å². The van der Waals surface area contributed by atoms with Gasteiger partial charge in [-0.3, -0.25) is 4.79 Å². The summed E-state index contributed by atoms with van der Waals surface area (Å²) in [5.41, 5.74) is 2.26. The highest BCUT2D eigenvalue weighted by Crippen LogP contribution is 2.14. The third-order valence-electron chi connectivity index (χ3n) is 3.08. The van der Waals surface area contributed by atoms with Gasteiger partial charge in [0, 0.05) is 16.9 Å². The standard InChI is InChI=1S/C13H17N3O2S/c1-8(12(6-17)19-2)16-13(18)9-3-4-10-11(5-9)15-7-14-10/h3-5,7-8,12,17H,6H2,1-2H3,(H,14,15)(H,16,18). The van der Waals surface area contributed by atoms with Crippen molar-refractivity contribution in [3.05, 3.63) is 30.1 Å². The smallest absolute Gasteiger partial charge is 0.251 e. The summed E-state index contributed by atoms with van der Waals surface area (Å²) >= 11 is 1.54. The van der Waals surface area contributed by atoms with Crippen LogP contribution in [0.4, 0.5) is 0 Å². The number of aromatic nitrogens is 2. The van der Waals surface area contributed by atoms with Gasteiger partial charge in [0.25, 0.3) is 5.91 Å². The summed E-state index contributed by atoms with van der Waals surface area (Å²) in [6, 6.07) is 5.24. The highest BCUT2D eigenvalue weighted by atomic mass is 32.2. The Hall–Kier alpha value is -1.53. The van der Waals surface area contributed by atoms with Crippen LogP contribution in [0.5, 0.6) is 0 Å². The molecule has 1 amide bonds. The number of aliphatic hydroxyl groups excluding tert-OH is 1. The van der Waals surface area contributed by atoms with E-state index >= 15 is 0 Å². The number of aromatic amines is 1. The van der Waals surface area contributed by atoms with Crippen LogP contribution < -0.4 is 5.32 Å². The summed E-state index contributed by atoms with van der Waals surface area (Å²) in [6.07, 6.45) is 3.52. The molecule has 19 heavy (non-hydrogen) atoms. The second-order valence-electron chi connectivity index (χ2n) is 4.35. The molecule has 0 bridgehead atoms. The lowest BCUT2D eigenvalue weighted by atomic mass is 10.1. The molecule has 2 rings (SSSR count). The Morgan fingerprint density at radius 1 is 1.58 bits per heavy atom. The van der Waals surface area contributed by atoms with Crippen molar-refractivity contribution in [2.75, 3.05) is 12.9 Å². The van der Waals surface area contributed by atoms with Gasteiger partial charge in [-0.15, -0.1) is 0 Å². The van der Waals surface area contributed by atoms with Crippen LogP contribution in [0, 0.1) is 0 Å². The van der Waals surface area contributed by atoms with Crippen molar-refractivity contribution in [3.8, 4) is 0 Å². The van der Waals surface area contributed by atoms with Gasteiger partial charge in [-0.05, 0) is 31.4 Å². The maximum Gasteiger partial charge on any atom is 0.251 e. The second-order valence-corrected chi connectivity index (χ2v) is 5.43. The molecule has 0 fully saturated rings. The molecule has 0 aliphatic heterocycles. The first-order valence-corrected chi connectivity index (χ1v) is 7.32. The van der Waals surface area contributed by atoms with Crippen molar-refractivity contribution in [1.82, 2.24) is 15.3 Å². The van der Waals surface area contributed by atoms with E-state index in [0.29, 0.717) is 5.56 Å². The molecule has 3 N–H and O–H groups in total. The highest BCUT2D eigenvalue weighted by molar-refractivity contribution is 7.99. The predicted molar refractivity (Wildman–Crippen MR) is 77.4 cm³/mol. The van der Waals surface area contributed by atoms with Gasteiger partial charge in [0.1, 0.15) is 0 Å². The number of nitrogens with one attached hydrogen (secondary N) is 2. The van der Waals surface area contributed by atoms with Crippen LogP contribution in [-0.2, 0) is 0 Å². The number of fused-ring (bicyclic) bond motifs is 1. The average Bonchev–Trinajstić information content (AvgIpc) is 2.87. The topological polar surface area (TPSA) is 78.0 Å². The molecule has 0 spiro atoms. The van der Waals surface area contributed by atoms with Crippen molar-refractivity contribution in [1.29, 1.82) is 0 Å². The summed E-state index contributed by atoms with van der Waals surface area (Å²) < 4.78 is 0. The Labute approximate surface area is 115 Å². The number of hydrogen-bond acceptors (Lipinski definition) is 4.